The van der Waals surface area contributed by atoms with Crippen molar-refractivity contribution in [2.45, 2.75) is 6.92 Å². The third-order valence-electron chi connectivity index (χ3n) is 3.10. The number of anilines is 2. The van der Waals surface area contributed by atoms with Crippen molar-refractivity contribution < 1.29 is 0 Å². The predicted octanol–water partition coefficient (Wildman–Crippen LogP) is 4.73. The minimum Gasteiger partial charge on any atom is -0.342 e. The molecule has 0 aliphatic heterocycles. The molecule has 1 aromatic heterocycles. The Bertz CT molecular complexity index is 651. The molecule has 0 atom stereocenters. The predicted molar refractivity (Wildman–Crippen MR) is 80.7 cm³/mol. The molecule has 0 spiro atoms. The van der Waals surface area contributed by atoms with Gasteiger partial charge in [-0.05, 0) is 36.8 Å². The summed E-state index contributed by atoms with van der Waals surface area (Å²) in [6, 6.07) is 22.8. The lowest BCUT2D eigenvalue weighted by Crippen LogP contribution is -1.90. The molecule has 0 saturated carbocycles. The van der Waals surface area contributed by atoms with Crippen molar-refractivity contribution in [1.82, 2.24) is 4.98 Å². The molecule has 0 aliphatic carbocycles. The van der Waals surface area contributed by atoms with Crippen LogP contribution in [0.25, 0.3) is 11.3 Å². The molecule has 3 rings (SSSR count). The normalized spacial score (nSPS) is 10.4. The number of rotatable bonds is 3. The summed E-state index contributed by atoms with van der Waals surface area (Å²) in [5.41, 5.74) is 4.67. The van der Waals surface area contributed by atoms with Gasteiger partial charge in [0.1, 0.15) is 5.82 Å². The molecule has 0 amide bonds. The van der Waals surface area contributed by atoms with Crippen LogP contribution in [0.1, 0.15) is 5.56 Å². The summed E-state index contributed by atoms with van der Waals surface area (Å²) < 4.78 is 0. The molecule has 19 heavy (non-hydrogen) atoms. The fourth-order valence-electron chi connectivity index (χ4n) is 2.05. The smallest absolute Gasteiger partial charge is 0.108 e. The van der Waals surface area contributed by atoms with Crippen molar-refractivity contribution in [2.75, 3.05) is 5.32 Å². The van der Waals surface area contributed by atoms with E-state index in [-0.39, 0.29) is 0 Å². The van der Waals surface area contributed by atoms with Crippen LogP contribution in [-0.2, 0) is 0 Å². The van der Waals surface area contributed by atoms with Gasteiger partial charge in [0.05, 0.1) is 0 Å². The SMILES string of the molecule is Cc1ccc(Nc2ccc(-c3ccccc3)[nH]2)cc1. The molecule has 0 unspecified atom stereocenters. The Morgan fingerprint density at radius 3 is 2.26 bits per heavy atom. The zero-order valence-corrected chi connectivity index (χ0v) is 10.9. The summed E-state index contributed by atoms with van der Waals surface area (Å²) >= 11 is 0. The van der Waals surface area contributed by atoms with E-state index in [0.29, 0.717) is 0 Å². The monoisotopic (exact) mass is 248 g/mol. The molecule has 0 aliphatic rings. The quantitative estimate of drug-likeness (QED) is 0.688. The lowest BCUT2D eigenvalue weighted by Gasteiger charge is -2.04. The van der Waals surface area contributed by atoms with Crippen LogP contribution in [0.4, 0.5) is 11.5 Å². The molecule has 94 valence electrons. The second kappa shape index (κ2) is 5.02. The van der Waals surface area contributed by atoms with Crippen LogP contribution in [0.5, 0.6) is 0 Å². The highest BCUT2D eigenvalue weighted by molar-refractivity contribution is 5.66. The van der Waals surface area contributed by atoms with Crippen LogP contribution < -0.4 is 5.32 Å². The molecule has 2 heteroatoms. The topological polar surface area (TPSA) is 27.8 Å². The van der Waals surface area contributed by atoms with Crippen molar-refractivity contribution in [3.05, 3.63) is 72.3 Å². The zero-order valence-electron chi connectivity index (χ0n) is 10.9. The van der Waals surface area contributed by atoms with E-state index in [1.165, 1.54) is 11.1 Å². The van der Waals surface area contributed by atoms with E-state index >= 15 is 0 Å². The highest BCUT2D eigenvalue weighted by Crippen LogP contribution is 2.22. The molecular weight excluding hydrogens is 232 g/mol. The van der Waals surface area contributed by atoms with E-state index in [2.05, 4.69) is 65.8 Å². The number of aryl methyl sites for hydroxylation is 1. The molecule has 3 aromatic rings. The number of aromatic amines is 1. The molecular formula is C17H16N2. The lowest BCUT2D eigenvalue weighted by molar-refractivity contribution is 1.36. The molecule has 1 heterocycles. The first-order valence-corrected chi connectivity index (χ1v) is 6.39. The molecule has 2 N–H and O–H groups in total. The number of benzene rings is 2. The lowest BCUT2D eigenvalue weighted by atomic mass is 10.2. The Morgan fingerprint density at radius 2 is 1.53 bits per heavy atom. The second-order valence-electron chi connectivity index (χ2n) is 4.64. The number of nitrogens with one attached hydrogen (secondary N) is 2. The Morgan fingerprint density at radius 1 is 0.789 bits per heavy atom. The first-order chi connectivity index (χ1) is 9.31. The summed E-state index contributed by atoms with van der Waals surface area (Å²) in [5.74, 6) is 1.00. The van der Waals surface area contributed by atoms with Gasteiger partial charge < -0.3 is 10.3 Å². The van der Waals surface area contributed by atoms with Gasteiger partial charge in [-0.25, -0.2) is 0 Å². The van der Waals surface area contributed by atoms with E-state index in [4.69, 9.17) is 0 Å². The number of hydrogen-bond acceptors (Lipinski definition) is 1. The maximum absolute atomic E-state index is 3.38. The first-order valence-electron chi connectivity index (χ1n) is 6.39. The fraction of sp³-hybridized carbons (Fsp3) is 0.0588. The highest BCUT2D eigenvalue weighted by atomic mass is 15.0. The fourth-order valence-corrected chi connectivity index (χ4v) is 2.05. The first kappa shape index (κ1) is 11.6. The van der Waals surface area contributed by atoms with Gasteiger partial charge in [0.2, 0.25) is 0 Å². The molecule has 0 fully saturated rings. The minimum atomic E-state index is 1.00. The Hall–Kier alpha value is -2.48. The van der Waals surface area contributed by atoms with Crippen LogP contribution in [0.3, 0.4) is 0 Å². The third kappa shape index (κ3) is 2.68. The van der Waals surface area contributed by atoms with Crippen molar-refractivity contribution >= 4 is 11.5 Å². The van der Waals surface area contributed by atoms with Crippen molar-refractivity contribution in [1.29, 1.82) is 0 Å². The zero-order chi connectivity index (χ0) is 13.1. The standard InChI is InChI=1S/C17H16N2/c1-13-7-9-15(10-8-13)18-17-12-11-16(19-17)14-5-3-2-4-6-14/h2-12,18-19H,1H3. The maximum Gasteiger partial charge on any atom is 0.108 e. The molecule has 0 saturated heterocycles. The van der Waals surface area contributed by atoms with Gasteiger partial charge in [-0.1, -0.05) is 48.0 Å². The van der Waals surface area contributed by atoms with Crippen LogP contribution in [0.2, 0.25) is 0 Å². The molecule has 2 nitrogen and oxygen atoms in total. The largest absolute Gasteiger partial charge is 0.342 e. The van der Waals surface area contributed by atoms with Crippen molar-refractivity contribution in [3.8, 4) is 11.3 Å². The highest BCUT2D eigenvalue weighted by Gasteiger charge is 2.01. The number of aromatic nitrogens is 1. The summed E-state index contributed by atoms with van der Waals surface area (Å²) in [6.07, 6.45) is 0. The summed E-state index contributed by atoms with van der Waals surface area (Å²) in [7, 11) is 0. The molecule has 2 aromatic carbocycles. The van der Waals surface area contributed by atoms with Crippen LogP contribution in [-0.4, -0.2) is 4.98 Å². The van der Waals surface area contributed by atoms with E-state index in [1.807, 2.05) is 18.2 Å². The van der Waals surface area contributed by atoms with E-state index < -0.39 is 0 Å². The summed E-state index contributed by atoms with van der Waals surface area (Å²) in [4.78, 5) is 3.38. The average Bonchev–Trinajstić information content (AvgIpc) is 2.91. The van der Waals surface area contributed by atoms with E-state index in [0.717, 1.165) is 17.2 Å². The third-order valence-corrected chi connectivity index (χ3v) is 3.10. The van der Waals surface area contributed by atoms with Gasteiger partial charge >= 0.3 is 0 Å². The molecule has 0 bridgehead atoms. The number of H-pyrrole nitrogens is 1. The Kier molecular flexibility index (Phi) is 3.07. The van der Waals surface area contributed by atoms with Gasteiger partial charge in [-0.15, -0.1) is 0 Å². The molecule has 0 radical (unpaired) electrons. The van der Waals surface area contributed by atoms with Crippen molar-refractivity contribution in [3.63, 3.8) is 0 Å². The van der Waals surface area contributed by atoms with Gasteiger partial charge in [-0.2, -0.15) is 0 Å². The van der Waals surface area contributed by atoms with Gasteiger partial charge in [0.25, 0.3) is 0 Å². The van der Waals surface area contributed by atoms with E-state index in [9.17, 15) is 0 Å². The van der Waals surface area contributed by atoms with Crippen LogP contribution in [0.15, 0.2) is 66.7 Å². The van der Waals surface area contributed by atoms with Gasteiger partial charge in [0.15, 0.2) is 0 Å². The Labute approximate surface area is 113 Å². The number of hydrogen-bond donors (Lipinski definition) is 2. The van der Waals surface area contributed by atoms with E-state index in [1.54, 1.807) is 0 Å². The Balaban J connectivity index is 1.80. The van der Waals surface area contributed by atoms with Gasteiger partial charge in [0, 0.05) is 11.4 Å². The minimum absolute atomic E-state index is 1.00. The van der Waals surface area contributed by atoms with Crippen molar-refractivity contribution in [2.24, 2.45) is 0 Å². The van der Waals surface area contributed by atoms with Crippen LogP contribution >= 0.6 is 0 Å². The summed E-state index contributed by atoms with van der Waals surface area (Å²) in [5, 5.41) is 3.37. The van der Waals surface area contributed by atoms with Gasteiger partial charge in [-0.3, -0.25) is 0 Å². The maximum atomic E-state index is 3.38. The van der Waals surface area contributed by atoms with Crippen LogP contribution in [0, 0.1) is 6.92 Å². The average molecular weight is 248 g/mol. The summed E-state index contributed by atoms with van der Waals surface area (Å²) in [6.45, 7) is 2.09. The second-order valence-corrected chi connectivity index (χ2v) is 4.64.